The predicted octanol–water partition coefficient (Wildman–Crippen LogP) is 4.51. The summed E-state index contributed by atoms with van der Waals surface area (Å²) < 4.78 is 43.3. The number of hydrogen-bond acceptors (Lipinski definition) is 8. The molecule has 2 aromatic heterocycles. The van der Waals surface area contributed by atoms with Gasteiger partial charge in [0.05, 0.1) is 10.9 Å². The van der Waals surface area contributed by atoms with E-state index < -0.39 is 29.2 Å². The molecule has 2 fully saturated rings. The Kier molecular flexibility index (Phi) is 8.56. The summed E-state index contributed by atoms with van der Waals surface area (Å²) in [6.07, 6.45) is -1.45. The summed E-state index contributed by atoms with van der Waals surface area (Å²) in [6, 6.07) is 12.1. The number of piperidine rings is 2. The predicted molar refractivity (Wildman–Crippen MR) is 162 cm³/mol. The lowest BCUT2D eigenvalue weighted by Crippen LogP contribution is -2.45. The van der Waals surface area contributed by atoms with E-state index >= 15 is 0 Å². The fourth-order valence-electron chi connectivity index (χ4n) is 5.84. The van der Waals surface area contributed by atoms with Crippen molar-refractivity contribution in [1.82, 2.24) is 30.6 Å². The number of pyridine rings is 1. The molecular formula is C31H29ClF3N7O3. The fraction of sp³-hybridized carbons (Fsp3) is 0.355. The van der Waals surface area contributed by atoms with Crippen molar-refractivity contribution in [2.24, 2.45) is 5.92 Å². The number of aromatic nitrogens is 4. The zero-order valence-electron chi connectivity index (χ0n) is 24.0. The first-order chi connectivity index (χ1) is 21.6. The Morgan fingerprint density at radius 1 is 1.00 bits per heavy atom. The highest BCUT2D eigenvalue weighted by Crippen LogP contribution is 2.39. The molecule has 0 radical (unpaired) electrons. The van der Waals surface area contributed by atoms with Gasteiger partial charge in [-0.3, -0.25) is 19.7 Å². The van der Waals surface area contributed by atoms with Gasteiger partial charge in [0, 0.05) is 42.8 Å². The quantitative estimate of drug-likeness (QED) is 0.283. The highest BCUT2D eigenvalue weighted by atomic mass is 35.5. The van der Waals surface area contributed by atoms with Crippen molar-refractivity contribution in [2.45, 2.75) is 44.4 Å². The minimum atomic E-state index is -4.56. The molecule has 2 N–H and O–H groups in total. The smallest absolute Gasteiger partial charge is 0.356 e. The van der Waals surface area contributed by atoms with Crippen LogP contribution >= 0.6 is 11.6 Å². The number of alkyl halides is 3. The number of benzene rings is 2. The van der Waals surface area contributed by atoms with Crippen LogP contribution in [0.1, 0.15) is 42.9 Å². The van der Waals surface area contributed by atoms with E-state index in [1.165, 1.54) is 6.20 Å². The standard InChI is InChI=1S/C31H29ClF3N7O3/c32-22-3-1-2-20(13-22)21-14-24(31(33,34)35)28(37-17-21)41-10-8-18(9-11-41)15-36-16-19-4-5-25-23(12-19)30(45)42(40-39-25)26-6-7-27(43)38-29(26)44/h1-5,12-14,17-18,26,36H,6-11,15-16H2,(H,38,43,44). The lowest BCUT2D eigenvalue weighted by Gasteiger charge is -2.34. The second kappa shape index (κ2) is 12.6. The molecule has 45 heavy (non-hydrogen) atoms. The van der Waals surface area contributed by atoms with E-state index in [0.29, 0.717) is 66.1 Å². The monoisotopic (exact) mass is 639 g/mol. The van der Waals surface area contributed by atoms with Crippen LogP contribution in [0.2, 0.25) is 5.02 Å². The molecule has 4 heterocycles. The van der Waals surface area contributed by atoms with Gasteiger partial charge in [0.15, 0.2) is 0 Å². The molecule has 1 unspecified atom stereocenters. The van der Waals surface area contributed by atoms with E-state index in [9.17, 15) is 27.6 Å². The summed E-state index contributed by atoms with van der Waals surface area (Å²) in [6.45, 7) is 1.98. The Morgan fingerprint density at radius 3 is 2.53 bits per heavy atom. The molecule has 0 aliphatic carbocycles. The number of halogens is 4. The highest BCUT2D eigenvalue weighted by molar-refractivity contribution is 6.30. The van der Waals surface area contributed by atoms with Crippen molar-refractivity contribution in [3.05, 3.63) is 81.2 Å². The summed E-state index contributed by atoms with van der Waals surface area (Å²) in [5.74, 6) is -0.784. The minimum Gasteiger partial charge on any atom is -0.356 e. The van der Waals surface area contributed by atoms with Crippen molar-refractivity contribution < 1.29 is 22.8 Å². The molecule has 2 aliphatic heterocycles. The number of carbonyl (C=O) groups is 2. The van der Waals surface area contributed by atoms with E-state index in [-0.39, 0.29) is 30.5 Å². The molecule has 0 bridgehead atoms. The molecule has 6 rings (SSSR count). The van der Waals surface area contributed by atoms with Crippen LogP contribution in [0.5, 0.6) is 0 Å². The van der Waals surface area contributed by atoms with Gasteiger partial charge in [0.2, 0.25) is 5.91 Å². The van der Waals surface area contributed by atoms with Crippen molar-refractivity contribution >= 4 is 40.1 Å². The molecule has 10 nitrogen and oxygen atoms in total. The summed E-state index contributed by atoms with van der Waals surface area (Å²) >= 11 is 6.04. The van der Waals surface area contributed by atoms with E-state index in [1.54, 1.807) is 41.3 Å². The number of rotatable bonds is 7. The Hall–Kier alpha value is -4.36. The van der Waals surface area contributed by atoms with Gasteiger partial charge in [-0.1, -0.05) is 35.0 Å². The van der Waals surface area contributed by atoms with Crippen LogP contribution < -0.4 is 21.1 Å². The van der Waals surface area contributed by atoms with Gasteiger partial charge in [-0.15, -0.1) is 5.10 Å². The third-order valence-electron chi connectivity index (χ3n) is 8.26. The molecule has 2 saturated heterocycles. The van der Waals surface area contributed by atoms with Gasteiger partial charge in [0.1, 0.15) is 17.4 Å². The van der Waals surface area contributed by atoms with Gasteiger partial charge in [-0.2, -0.15) is 17.9 Å². The van der Waals surface area contributed by atoms with E-state index in [4.69, 9.17) is 11.6 Å². The number of anilines is 1. The molecule has 14 heteroatoms. The summed E-state index contributed by atoms with van der Waals surface area (Å²) in [5, 5.41) is 14.4. The average molecular weight is 640 g/mol. The second-order valence-corrected chi connectivity index (χ2v) is 11.8. The van der Waals surface area contributed by atoms with Crippen LogP contribution in [-0.4, -0.2) is 51.4 Å². The lowest BCUT2D eigenvalue weighted by atomic mass is 9.96. The molecule has 2 amide bonds. The Labute approximate surface area is 260 Å². The number of nitrogens with one attached hydrogen (secondary N) is 2. The topological polar surface area (TPSA) is 122 Å². The number of hydrogen-bond donors (Lipinski definition) is 2. The van der Waals surface area contributed by atoms with E-state index in [1.807, 2.05) is 6.07 Å². The van der Waals surface area contributed by atoms with Crippen LogP contribution in [0.25, 0.3) is 22.0 Å². The summed E-state index contributed by atoms with van der Waals surface area (Å²) in [4.78, 5) is 42.9. The van der Waals surface area contributed by atoms with Crippen molar-refractivity contribution in [3.8, 4) is 11.1 Å². The maximum atomic E-state index is 14.1. The number of carbonyl (C=O) groups excluding carboxylic acids is 2. The average Bonchev–Trinajstić information content (AvgIpc) is 3.02. The summed E-state index contributed by atoms with van der Waals surface area (Å²) in [5.41, 5.74) is 0.913. The molecule has 2 aromatic carbocycles. The molecule has 2 aliphatic rings. The van der Waals surface area contributed by atoms with Crippen molar-refractivity contribution in [1.29, 1.82) is 0 Å². The lowest BCUT2D eigenvalue weighted by molar-refractivity contribution is -0.138. The minimum absolute atomic E-state index is 0.0677. The molecule has 4 aromatic rings. The van der Waals surface area contributed by atoms with Gasteiger partial charge < -0.3 is 10.2 Å². The number of amides is 2. The van der Waals surface area contributed by atoms with Gasteiger partial charge >= 0.3 is 6.18 Å². The molecule has 0 saturated carbocycles. The maximum absolute atomic E-state index is 14.1. The molecule has 234 valence electrons. The van der Waals surface area contributed by atoms with Crippen LogP contribution in [0, 0.1) is 5.92 Å². The zero-order valence-corrected chi connectivity index (χ0v) is 24.7. The fourth-order valence-corrected chi connectivity index (χ4v) is 6.04. The normalized spacial score (nSPS) is 18.0. The number of imide groups is 1. The van der Waals surface area contributed by atoms with Crippen molar-refractivity contribution in [3.63, 3.8) is 0 Å². The zero-order chi connectivity index (χ0) is 31.7. The van der Waals surface area contributed by atoms with Crippen LogP contribution in [0.3, 0.4) is 0 Å². The SMILES string of the molecule is O=C1CCC(n2nnc3ccc(CNCC4CCN(c5ncc(-c6cccc(Cl)c6)cc5C(F)(F)F)CC4)cc3c2=O)C(=O)N1. The molecule has 1 atom stereocenters. The first-order valence-corrected chi connectivity index (χ1v) is 15.0. The van der Waals surface area contributed by atoms with Crippen LogP contribution in [-0.2, 0) is 22.3 Å². The van der Waals surface area contributed by atoms with Crippen molar-refractivity contribution in [2.75, 3.05) is 24.5 Å². The summed E-state index contributed by atoms with van der Waals surface area (Å²) in [7, 11) is 0. The van der Waals surface area contributed by atoms with Crippen LogP contribution in [0.15, 0.2) is 59.5 Å². The third-order valence-corrected chi connectivity index (χ3v) is 8.49. The largest absolute Gasteiger partial charge is 0.419 e. The van der Waals surface area contributed by atoms with Gasteiger partial charge in [-0.25, -0.2) is 4.98 Å². The number of fused-ring (bicyclic) bond motifs is 1. The molecular weight excluding hydrogens is 611 g/mol. The van der Waals surface area contributed by atoms with E-state index in [0.717, 1.165) is 16.3 Å². The Morgan fingerprint density at radius 2 is 1.80 bits per heavy atom. The van der Waals surface area contributed by atoms with Gasteiger partial charge in [0.25, 0.3) is 11.5 Å². The Balaban J connectivity index is 1.08. The van der Waals surface area contributed by atoms with Crippen LogP contribution in [0.4, 0.5) is 19.0 Å². The first kappa shape index (κ1) is 30.7. The Bertz CT molecular complexity index is 1820. The van der Waals surface area contributed by atoms with Gasteiger partial charge in [-0.05, 0) is 73.2 Å². The molecule has 0 spiro atoms. The second-order valence-electron chi connectivity index (χ2n) is 11.3. The first-order valence-electron chi connectivity index (χ1n) is 14.6. The highest BCUT2D eigenvalue weighted by Gasteiger charge is 2.37. The third kappa shape index (κ3) is 6.69. The number of nitrogens with zero attached hydrogens (tertiary/aromatic N) is 5. The maximum Gasteiger partial charge on any atom is 0.419 e. The van der Waals surface area contributed by atoms with E-state index in [2.05, 4.69) is 25.9 Å².